The fourth-order valence-electron chi connectivity index (χ4n) is 3.85. The highest BCUT2D eigenvalue weighted by Gasteiger charge is 2.26. The fourth-order valence-corrected chi connectivity index (χ4v) is 4.80. The Hall–Kier alpha value is -2.42. The molecule has 2 aliphatic heterocycles. The molecule has 0 atom stereocenters. The van der Waals surface area contributed by atoms with Crippen LogP contribution in [0.15, 0.2) is 42.5 Å². The number of amides is 1. The van der Waals surface area contributed by atoms with Crippen molar-refractivity contribution < 1.29 is 17.9 Å². The minimum absolute atomic E-state index is 0.197. The lowest BCUT2D eigenvalue weighted by Gasteiger charge is -2.27. The number of carbonyl (C=O) groups is 1. The van der Waals surface area contributed by atoms with Gasteiger partial charge in [-0.25, -0.2) is 8.42 Å². The van der Waals surface area contributed by atoms with Gasteiger partial charge in [-0.2, -0.15) is 0 Å². The monoisotopic (exact) mass is 415 g/mol. The quantitative estimate of drug-likeness (QED) is 0.809. The van der Waals surface area contributed by atoms with E-state index in [-0.39, 0.29) is 5.91 Å². The number of morpholine rings is 1. The van der Waals surface area contributed by atoms with Crippen molar-refractivity contribution in [1.29, 1.82) is 0 Å². The second-order valence-electron chi connectivity index (χ2n) is 7.43. The van der Waals surface area contributed by atoms with E-state index < -0.39 is 10.0 Å². The molecule has 1 saturated heterocycles. The molecule has 2 aromatic carbocycles. The number of carbonyl (C=O) groups excluding carboxylic acids is 1. The summed E-state index contributed by atoms with van der Waals surface area (Å²) in [5.74, 6) is -0.197. The molecule has 154 valence electrons. The van der Waals surface area contributed by atoms with Crippen LogP contribution in [0.3, 0.4) is 0 Å². The summed E-state index contributed by atoms with van der Waals surface area (Å²) in [6.45, 7) is 4.25. The normalized spacial score (nSPS) is 17.2. The van der Waals surface area contributed by atoms with Crippen molar-refractivity contribution in [2.75, 3.05) is 48.7 Å². The average molecular weight is 416 g/mol. The third-order valence-corrected chi connectivity index (χ3v) is 6.54. The van der Waals surface area contributed by atoms with Gasteiger partial charge in [0.1, 0.15) is 0 Å². The zero-order valence-corrected chi connectivity index (χ0v) is 17.2. The van der Waals surface area contributed by atoms with Gasteiger partial charge in [-0.3, -0.25) is 14.0 Å². The summed E-state index contributed by atoms with van der Waals surface area (Å²) in [4.78, 5) is 15.2. The molecule has 2 heterocycles. The topological polar surface area (TPSA) is 79.0 Å². The molecule has 2 aliphatic rings. The van der Waals surface area contributed by atoms with Crippen molar-refractivity contribution in [3.63, 3.8) is 0 Å². The Morgan fingerprint density at radius 3 is 2.62 bits per heavy atom. The number of nitrogens with zero attached hydrogens (tertiary/aromatic N) is 2. The van der Waals surface area contributed by atoms with Crippen LogP contribution in [0.1, 0.15) is 21.5 Å². The number of fused-ring (bicyclic) bond motifs is 1. The number of rotatable bonds is 5. The van der Waals surface area contributed by atoms with Gasteiger partial charge in [0, 0.05) is 37.4 Å². The maximum atomic E-state index is 13.0. The Kier molecular flexibility index (Phi) is 5.58. The summed E-state index contributed by atoms with van der Waals surface area (Å²) in [5, 5.41) is 2.93. The Morgan fingerprint density at radius 1 is 1.10 bits per heavy atom. The molecule has 0 spiro atoms. The van der Waals surface area contributed by atoms with Gasteiger partial charge in [0.15, 0.2) is 0 Å². The molecule has 0 aliphatic carbocycles. The van der Waals surface area contributed by atoms with Crippen molar-refractivity contribution in [3.8, 4) is 0 Å². The summed E-state index contributed by atoms with van der Waals surface area (Å²) in [7, 11) is -3.33. The van der Waals surface area contributed by atoms with E-state index in [0.717, 1.165) is 24.2 Å². The molecule has 0 radical (unpaired) electrons. The Bertz CT molecular complexity index is 1020. The van der Waals surface area contributed by atoms with E-state index >= 15 is 0 Å². The fraction of sp³-hybridized carbons (Fsp3) is 0.381. The van der Waals surface area contributed by atoms with Crippen molar-refractivity contribution >= 4 is 27.3 Å². The predicted octanol–water partition coefficient (Wildman–Crippen LogP) is 2.09. The van der Waals surface area contributed by atoms with Crippen LogP contribution in [0, 0.1) is 0 Å². The first-order valence-corrected chi connectivity index (χ1v) is 11.6. The molecule has 29 heavy (non-hydrogen) atoms. The number of hydrogen-bond donors (Lipinski definition) is 1. The molecule has 0 bridgehead atoms. The van der Waals surface area contributed by atoms with E-state index in [1.54, 1.807) is 6.07 Å². The molecule has 1 amide bonds. The van der Waals surface area contributed by atoms with Crippen LogP contribution in [-0.2, 0) is 27.7 Å². The molecule has 4 rings (SSSR count). The molecular formula is C21H25N3O4S. The Labute approximate surface area is 171 Å². The van der Waals surface area contributed by atoms with Gasteiger partial charge in [0.25, 0.3) is 5.91 Å². The van der Waals surface area contributed by atoms with Gasteiger partial charge in [-0.1, -0.05) is 24.3 Å². The van der Waals surface area contributed by atoms with Crippen LogP contribution in [0.4, 0.5) is 11.4 Å². The van der Waals surface area contributed by atoms with E-state index in [1.165, 1.54) is 10.6 Å². The van der Waals surface area contributed by atoms with E-state index in [4.69, 9.17) is 4.74 Å². The second kappa shape index (κ2) is 8.14. The van der Waals surface area contributed by atoms with Gasteiger partial charge in [-0.05, 0) is 35.7 Å². The molecule has 0 unspecified atom stereocenters. The predicted molar refractivity (Wildman–Crippen MR) is 113 cm³/mol. The van der Waals surface area contributed by atoms with E-state index in [1.807, 2.05) is 36.4 Å². The number of hydrogen-bond acceptors (Lipinski definition) is 5. The van der Waals surface area contributed by atoms with E-state index in [0.29, 0.717) is 49.7 Å². The lowest BCUT2D eigenvalue weighted by Crippen LogP contribution is -2.36. The number of benzene rings is 2. The van der Waals surface area contributed by atoms with Crippen LogP contribution in [0.2, 0.25) is 0 Å². The second-order valence-corrected chi connectivity index (χ2v) is 9.34. The summed E-state index contributed by atoms with van der Waals surface area (Å²) in [5.41, 5.74) is 3.80. The number of anilines is 2. The molecular weight excluding hydrogens is 390 g/mol. The zero-order chi connectivity index (χ0) is 20.4. The zero-order valence-electron chi connectivity index (χ0n) is 16.4. The minimum atomic E-state index is -3.33. The highest BCUT2D eigenvalue weighted by molar-refractivity contribution is 7.92. The maximum Gasteiger partial charge on any atom is 0.255 e. The lowest BCUT2D eigenvalue weighted by atomic mass is 10.1. The van der Waals surface area contributed by atoms with Crippen LogP contribution < -0.4 is 9.62 Å². The molecule has 1 N–H and O–H groups in total. The lowest BCUT2D eigenvalue weighted by molar-refractivity contribution is 0.0341. The molecule has 0 saturated carbocycles. The summed E-state index contributed by atoms with van der Waals surface area (Å²) in [6, 6.07) is 13.0. The summed E-state index contributed by atoms with van der Waals surface area (Å²) < 4.78 is 30.8. The number of sulfonamides is 1. The summed E-state index contributed by atoms with van der Waals surface area (Å²) >= 11 is 0. The third-order valence-electron chi connectivity index (χ3n) is 5.36. The number of ether oxygens (including phenoxy) is 1. The average Bonchev–Trinajstić information content (AvgIpc) is 3.13. The molecule has 7 nitrogen and oxygen atoms in total. The minimum Gasteiger partial charge on any atom is -0.379 e. The largest absolute Gasteiger partial charge is 0.379 e. The van der Waals surface area contributed by atoms with E-state index in [2.05, 4.69) is 10.2 Å². The van der Waals surface area contributed by atoms with Gasteiger partial charge in [0.05, 0.1) is 25.2 Å². The third kappa shape index (κ3) is 4.44. The first kappa shape index (κ1) is 19.9. The first-order valence-electron chi connectivity index (χ1n) is 9.72. The Morgan fingerprint density at radius 2 is 1.86 bits per heavy atom. The highest BCUT2D eigenvalue weighted by atomic mass is 32.2. The Balaban J connectivity index is 1.53. The van der Waals surface area contributed by atoms with Crippen molar-refractivity contribution in [3.05, 3.63) is 59.2 Å². The molecule has 8 heteroatoms. The van der Waals surface area contributed by atoms with Crippen LogP contribution >= 0.6 is 0 Å². The number of nitrogens with one attached hydrogen (secondary N) is 1. The van der Waals surface area contributed by atoms with Crippen molar-refractivity contribution in [1.82, 2.24) is 4.90 Å². The first-order chi connectivity index (χ1) is 13.9. The standard InChI is InChI=1S/C21H25N3O4S/c1-29(26,27)24-9-8-16-6-7-18(14-20(16)24)22-21(25)19-5-3-2-4-17(19)15-23-10-12-28-13-11-23/h2-7,14H,8-13,15H2,1H3,(H,22,25). The summed E-state index contributed by atoms with van der Waals surface area (Å²) in [6.07, 6.45) is 1.88. The molecule has 2 aromatic rings. The van der Waals surface area contributed by atoms with Crippen LogP contribution in [0.5, 0.6) is 0 Å². The van der Waals surface area contributed by atoms with Gasteiger partial charge in [-0.15, -0.1) is 0 Å². The van der Waals surface area contributed by atoms with Crippen LogP contribution in [-0.4, -0.2) is 58.3 Å². The van der Waals surface area contributed by atoms with Gasteiger partial charge < -0.3 is 10.1 Å². The van der Waals surface area contributed by atoms with Gasteiger partial charge in [0.2, 0.25) is 10.0 Å². The smallest absolute Gasteiger partial charge is 0.255 e. The molecule has 1 fully saturated rings. The van der Waals surface area contributed by atoms with Gasteiger partial charge >= 0.3 is 0 Å². The molecule has 0 aromatic heterocycles. The van der Waals surface area contributed by atoms with Crippen molar-refractivity contribution in [2.45, 2.75) is 13.0 Å². The van der Waals surface area contributed by atoms with Crippen LogP contribution in [0.25, 0.3) is 0 Å². The maximum absolute atomic E-state index is 13.0. The highest BCUT2D eigenvalue weighted by Crippen LogP contribution is 2.32. The SMILES string of the molecule is CS(=O)(=O)N1CCc2ccc(NC(=O)c3ccccc3CN3CCOCC3)cc21. The van der Waals surface area contributed by atoms with Crippen molar-refractivity contribution in [2.24, 2.45) is 0 Å². The van der Waals surface area contributed by atoms with E-state index in [9.17, 15) is 13.2 Å².